The third-order valence-corrected chi connectivity index (χ3v) is 0.836. The zero-order chi connectivity index (χ0) is 5.70. The van der Waals surface area contributed by atoms with Gasteiger partial charge in [-0.15, -0.1) is 0 Å². The van der Waals surface area contributed by atoms with Gasteiger partial charge < -0.3 is 5.11 Å². The molecule has 1 N–H and O–H groups in total. The van der Waals surface area contributed by atoms with Crippen LogP contribution >= 0.6 is 0 Å². The van der Waals surface area contributed by atoms with Gasteiger partial charge in [0, 0.05) is 0 Å². The molecule has 0 aromatic rings. The van der Waals surface area contributed by atoms with Gasteiger partial charge >= 0.3 is 0 Å². The summed E-state index contributed by atoms with van der Waals surface area (Å²) in [5, 5.41) is 8.29. The lowest BCUT2D eigenvalue weighted by atomic mass is 10.2. The van der Waals surface area contributed by atoms with Gasteiger partial charge in [-0.05, 0) is 12.0 Å². The van der Waals surface area contributed by atoms with Crippen LogP contribution in [0.1, 0.15) is 13.3 Å². The molecule has 0 saturated carbocycles. The lowest BCUT2D eigenvalue weighted by Crippen LogP contribution is -1.69. The molecule has 0 aliphatic rings. The van der Waals surface area contributed by atoms with Crippen LogP contribution in [0.3, 0.4) is 0 Å². The Morgan fingerprint density at radius 1 is 1.86 bits per heavy atom. The maximum Gasteiger partial charge on any atom is 0.0823 e. The molecule has 0 spiro atoms. The van der Waals surface area contributed by atoms with Crippen LogP contribution < -0.4 is 0 Å². The Kier molecular flexibility index (Phi) is 3.11. The van der Waals surface area contributed by atoms with Gasteiger partial charge in [-0.25, -0.2) is 0 Å². The molecule has 0 radical (unpaired) electrons. The van der Waals surface area contributed by atoms with Gasteiger partial charge in [0.2, 0.25) is 0 Å². The maximum atomic E-state index is 8.29. The second-order valence-electron chi connectivity index (χ2n) is 1.26. The lowest BCUT2D eigenvalue weighted by molar-refractivity contribution is 0.467. The molecule has 0 saturated heterocycles. The zero-order valence-electron chi connectivity index (χ0n) is 4.52. The first-order valence-electron chi connectivity index (χ1n) is 2.30. The van der Waals surface area contributed by atoms with E-state index in [1.165, 1.54) is 0 Å². The van der Waals surface area contributed by atoms with Crippen LogP contribution in [-0.2, 0) is 0 Å². The topological polar surface area (TPSA) is 20.2 Å². The van der Waals surface area contributed by atoms with Crippen LogP contribution in [-0.4, -0.2) is 5.11 Å². The van der Waals surface area contributed by atoms with Crippen molar-refractivity contribution in [3.8, 4) is 0 Å². The van der Waals surface area contributed by atoms with Gasteiger partial charge in [0.25, 0.3) is 0 Å². The average molecular weight is 98.1 g/mol. The van der Waals surface area contributed by atoms with E-state index in [1.807, 2.05) is 6.92 Å². The minimum Gasteiger partial charge on any atom is -0.515 e. The highest BCUT2D eigenvalue weighted by atomic mass is 16.2. The minimum atomic E-state index is 0.847. The number of aliphatic hydroxyl groups excluding tert-OH is 1. The first-order valence-corrected chi connectivity index (χ1v) is 2.30. The molecule has 0 aromatic heterocycles. The van der Waals surface area contributed by atoms with E-state index in [4.69, 9.17) is 5.11 Å². The molecular formula is C6H10O. The molecule has 1 nitrogen and oxygen atoms in total. The predicted octanol–water partition coefficient (Wildman–Crippen LogP) is 2.02. The second kappa shape index (κ2) is 3.47. The number of hydrogen-bond acceptors (Lipinski definition) is 1. The van der Waals surface area contributed by atoms with E-state index in [0.717, 1.165) is 18.3 Å². The van der Waals surface area contributed by atoms with Crippen molar-refractivity contribution in [2.45, 2.75) is 13.3 Å². The van der Waals surface area contributed by atoms with E-state index >= 15 is 0 Å². The summed E-state index contributed by atoms with van der Waals surface area (Å²) >= 11 is 0. The minimum absolute atomic E-state index is 0.847. The molecule has 0 bridgehead atoms. The van der Waals surface area contributed by atoms with Gasteiger partial charge in [0.15, 0.2) is 0 Å². The van der Waals surface area contributed by atoms with E-state index < -0.39 is 0 Å². The molecule has 0 unspecified atom stereocenters. The number of rotatable bonds is 2. The van der Waals surface area contributed by atoms with E-state index in [0.29, 0.717) is 0 Å². The van der Waals surface area contributed by atoms with Crippen LogP contribution in [0.2, 0.25) is 0 Å². The normalized spacial score (nSPS) is 11.3. The van der Waals surface area contributed by atoms with Gasteiger partial charge in [0.05, 0.1) is 6.26 Å². The van der Waals surface area contributed by atoms with Crippen molar-refractivity contribution < 1.29 is 5.11 Å². The van der Waals surface area contributed by atoms with E-state index in [-0.39, 0.29) is 0 Å². The first kappa shape index (κ1) is 6.28. The molecule has 1 heteroatoms. The molecule has 40 valence electrons. The summed E-state index contributed by atoms with van der Waals surface area (Å²) in [5.74, 6) is 0. The van der Waals surface area contributed by atoms with Crippen molar-refractivity contribution in [1.29, 1.82) is 0 Å². The summed E-state index contributed by atoms with van der Waals surface area (Å²) in [6, 6.07) is 0. The Hall–Kier alpha value is -0.720. The summed E-state index contributed by atoms with van der Waals surface area (Å²) < 4.78 is 0. The van der Waals surface area contributed by atoms with Crippen LogP contribution in [0.4, 0.5) is 0 Å². The summed E-state index contributed by atoms with van der Waals surface area (Å²) in [6.07, 6.45) is 3.56. The summed E-state index contributed by atoms with van der Waals surface area (Å²) in [4.78, 5) is 0. The van der Waals surface area contributed by atoms with Gasteiger partial charge in [-0.2, -0.15) is 0 Å². The third kappa shape index (κ3) is 2.04. The van der Waals surface area contributed by atoms with Crippen LogP contribution in [0, 0.1) is 0 Å². The number of allylic oxidation sites excluding steroid dienone is 2. The number of hydrogen-bond donors (Lipinski definition) is 1. The lowest BCUT2D eigenvalue weighted by Gasteiger charge is -1.86. The monoisotopic (exact) mass is 98.1 g/mol. The molecule has 0 atom stereocenters. The Labute approximate surface area is 44.0 Å². The fourth-order valence-corrected chi connectivity index (χ4v) is 0.288. The fourth-order valence-electron chi connectivity index (χ4n) is 0.288. The highest BCUT2D eigenvalue weighted by molar-refractivity contribution is 5.11. The highest BCUT2D eigenvalue weighted by Crippen LogP contribution is 1.97. The molecule has 0 amide bonds. The molecule has 0 fully saturated rings. The van der Waals surface area contributed by atoms with E-state index in [1.54, 1.807) is 6.08 Å². The van der Waals surface area contributed by atoms with Crippen molar-refractivity contribution >= 4 is 0 Å². The zero-order valence-corrected chi connectivity index (χ0v) is 4.52. The SMILES string of the molecule is C=CC(=CO)CC. The Morgan fingerprint density at radius 3 is 2.43 bits per heavy atom. The molecular weight excluding hydrogens is 88.1 g/mol. The van der Waals surface area contributed by atoms with Gasteiger partial charge in [-0.1, -0.05) is 19.6 Å². The van der Waals surface area contributed by atoms with Crippen molar-refractivity contribution in [2.24, 2.45) is 0 Å². The molecule has 0 aromatic carbocycles. The molecule has 0 aliphatic carbocycles. The van der Waals surface area contributed by atoms with Gasteiger partial charge in [0.1, 0.15) is 0 Å². The molecule has 0 rings (SSSR count). The average Bonchev–Trinajstić information content (AvgIpc) is 1.72. The van der Waals surface area contributed by atoms with Crippen molar-refractivity contribution in [1.82, 2.24) is 0 Å². The highest BCUT2D eigenvalue weighted by Gasteiger charge is 1.79. The van der Waals surface area contributed by atoms with Crippen molar-refractivity contribution in [2.75, 3.05) is 0 Å². The third-order valence-electron chi connectivity index (χ3n) is 0.836. The summed E-state index contributed by atoms with van der Waals surface area (Å²) in [5.41, 5.74) is 0.875. The Morgan fingerprint density at radius 2 is 2.43 bits per heavy atom. The molecule has 7 heavy (non-hydrogen) atoms. The Bertz CT molecular complexity index is 82.2. The molecule has 0 heterocycles. The summed E-state index contributed by atoms with van der Waals surface area (Å²) in [7, 11) is 0. The smallest absolute Gasteiger partial charge is 0.0823 e. The maximum absolute atomic E-state index is 8.29. The standard InChI is InChI=1S/C6H10O/c1-3-6(4-2)5-7/h3,5,7H,1,4H2,2H3. The van der Waals surface area contributed by atoms with E-state index in [2.05, 4.69) is 6.58 Å². The van der Waals surface area contributed by atoms with Crippen molar-refractivity contribution in [3.05, 3.63) is 24.5 Å². The van der Waals surface area contributed by atoms with Crippen molar-refractivity contribution in [3.63, 3.8) is 0 Å². The molecule has 0 aliphatic heterocycles. The quantitative estimate of drug-likeness (QED) is 0.414. The summed E-state index contributed by atoms with van der Waals surface area (Å²) in [6.45, 7) is 5.44. The second-order valence-corrected chi connectivity index (χ2v) is 1.26. The van der Waals surface area contributed by atoms with E-state index in [9.17, 15) is 0 Å². The van der Waals surface area contributed by atoms with Crippen LogP contribution in [0.5, 0.6) is 0 Å². The predicted molar refractivity (Wildman–Crippen MR) is 31.2 cm³/mol. The number of aliphatic hydroxyl groups is 1. The largest absolute Gasteiger partial charge is 0.515 e. The van der Waals surface area contributed by atoms with Crippen LogP contribution in [0.25, 0.3) is 0 Å². The van der Waals surface area contributed by atoms with Crippen LogP contribution in [0.15, 0.2) is 24.5 Å². The Balaban J connectivity index is 3.60. The first-order chi connectivity index (χ1) is 3.35. The van der Waals surface area contributed by atoms with Gasteiger partial charge in [-0.3, -0.25) is 0 Å². The fraction of sp³-hybridized carbons (Fsp3) is 0.333.